The van der Waals surface area contributed by atoms with E-state index in [-0.39, 0.29) is 5.97 Å². The number of carbonyl (C=O) groups excluding carboxylic acids is 1. The van der Waals surface area contributed by atoms with Gasteiger partial charge in [-0.05, 0) is 50.8 Å². The molecule has 1 N–H and O–H groups in total. The van der Waals surface area contributed by atoms with E-state index in [1.807, 2.05) is 19.9 Å². The topological polar surface area (TPSA) is 65.0 Å². The van der Waals surface area contributed by atoms with Crippen LogP contribution in [0.4, 0.5) is 0 Å². The molecule has 0 saturated carbocycles. The predicted molar refractivity (Wildman–Crippen MR) is 103 cm³/mol. The highest BCUT2D eigenvalue weighted by Crippen LogP contribution is 2.25. The first-order valence-electron chi connectivity index (χ1n) is 8.69. The molecule has 25 heavy (non-hydrogen) atoms. The number of rotatable bonds is 14. The average molecular weight is 419 g/mol. The molecule has 0 aromatic rings. The van der Waals surface area contributed by atoms with Crippen molar-refractivity contribution in [3.8, 4) is 0 Å². The Hall–Kier alpha value is -1.11. The molecule has 1 atom stereocenters. The average Bonchev–Trinajstić information content (AvgIpc) is 2.60. The number of hydrogen-bond acceptors (Lipinski definition) is 5. The number of ether oxygens (including phenoxy) is 3. The van der Waals surface area contributed by atoms with E-state index < -0.39 is 6.29 Å². The van der Waals surface area contributed by atoms with Crippen LogP contribution in [0.25, 0.3) is 0 Å². The second-order valence-electron chi connectivity index (χ2n) is 5.20. The smallest absolute Gasteiger partial charge is 0.305 e. The minimum absolute atomic E-state index is 0.212. The minimum Gasteiger partial charge on any atom is -0.494 e. The van der Waals surface area contributed by atoms with E-state index >= 15 is 0 Å². The third kappa shape index (κ3) is 10.5. The molecule has 0 aliphatic heterocycles. The van der Waals surface area contributed by atoms with Crippen LogP contribution in [0.2, 0.25) is 0 Å². The molecule has 0 fully saturated rings. The van der Waals surface area contributed by atoms with Crippen molar-refractivity contribution in [1.29, 1.82) is 0 Å². The maximum absolute atomic E-state index is 11.4. The lowest BCUT2D eigenvalue weighted by atomic mass is 10.0. The Kier molecular flexibility index (Phi) is 14.5. The molecule has 144 valence electrons. The third-order valence-corrected chi connectivity index (χ3v) is 4.03. The lowest BCUT2D eigenvalue weighted by Gasteiger charge is -2.18. The van der Waals surface area contributed by atoms with E-state index in [1.54, 1.807) is 13.0 Å². The molecule has 0 radical (unpaired) electrons. The van der Waals surface area contributed by atoms with Crippen LogP contribution in [0.1, 0.15) is 46.5 Å². The highest BCUT2D eigenvalue weighted by Gasteiger charge is 2.14. The van der Waals surface area contributed by atoms with Gasteiger partial charge in [0, 0.05) is 24.8 Å². The van der Waals surface area contributed by atoms with Gasteiger partial charge in [-0.3, -0.25) is 4.79 Å². The van der Waals surface area contributed by atoms with Crippen molar-refractivity contribution in [3.63, 3.8) is 0 Å². The van der Waals surface area contributed by atoms with E-state index in [9.17, 15) is 9.90 Å². The summed E-state index contributed by atoms with van der Waals surface area (Å²) in [5, 5.41) is 10.5. The monoisotopic (exact) mass is 418 g/mol. The Bertz CT molecular complexity index is 457. The van der Waals surface area contributed by atoms with Gasteiger partial charge >= 0.3 is 5.97 Å². The van der Waals surface area contributed by atoms with E-state index in [4.69, 9.17) is 14.2 Å². The SMILES string of the molecule is C=C/C(CBr)=C(CCC(O)OCC)\C(=C/C)OCCCC(=O)OCC. The van der Waals surface area contributed by atoms with E-state index in [1.165, 1.54) is 0 Å². The molecular formula is C19H31BrO5. The van der Waals surface area contributed by atoms with Gasteiger partial charge in [0.2, 0.25) is 0 Å². The summed E-state index contributed by atoms with van der Waals surface area (Å²) in [4.78, 5) is 11.4. The van der Waals surface area contributed by atoms with Crippen LogP contribution in [-0.2, 0) is 19.0 Å². The van der Waals surface area contributed by atoms with Gasteiger partial charge in [0.25, 0.3) is 0 Å². The number of carbonyl (C=O) groups is 1. The number of aliphatic hydroxyl groups excluding tert-OH is 1. The van der Waals surface area contributed by atoms with Crippen molar-refractivity contribution in [2.24, 2.45) is 0 Å². The van der Waals surface area contributed by atoms with Gasteiger partial charge in [0.1, 0.15) is 5.76 Å². The molecule has 0 spiro atoms. The highest BCUT2D eigenvalue weighted by molar-refractivity contribution is 9.09. The Morgan fingerprint density at radius 1 is 1.24 bits per heavy atom. The quantitative estimate of drug-likeness (QED) is 0.114. The lowest BCUT2D eigenvalue weighted by Crippen LogP contribution is -2.13. The molecule has 5 nitrogen and oxygen atoms in total. The molecule has 0 aromatic heterocycles. The molecule has 0 rings (SSSR count). The zero-order valence-electron chi connectivity index (χ0n) is 15.6. The fourth-order valence-corrected chi connectivity index (χ4v) is 2.79. The van der Waals surface area contributed by atoms with Gasteiger partial charge in [0.15, 0.2) is 6.29 Å². The molecule has 0 bridgehead atoms. The van der Waals surface area contributed by atoms with Gasteiger partial charge in [-0.25, -0.2) is 0 Å². The summed E-state index contributed by atoms with van der Waals surface area (Å²) in [6.45, 7) is 10.7. The third-order valence-electron chi connectivity index (χ3n) is 3.43. The van der Waals surface area contributed by atoms with Crippen molar-refractivity contribution >= 4 is 21.9 Å². The van der Waals surface area contributed by atoms with Crippen molar-refractivity contribution in [2.45, 2.75) is 52.7 Å². The van der Waals surface area contributed by atoms with Crippen molar-refractivity contribution in [3.05, 3.63) is 35.6 Å². The van der Waals surface area contributed by atoms with E-state index in [0.29, 0.717) is 50.8 Å². The molecule has 0 amide bonds. The first kappa shape index (κ1) is 23.9. The molecule has 0 aliphatic rings. The maximum atomic E-state index is 11.4. The summed E-state index contributed by atoms with van der Waals surface area (Å²) in [7, 11) is 0. The van der Waals surface area contributed by atoms with E-state index in [0.717, 1.165) is 16.9 Å². The van der Waals surface area contributed by atoms with Gasteiger partial charge in [-0.15, -0.1) is 0 Å². The van der Waals surface area contributed by atoms with E-state index in [2.05, 4.69) is 22.5 Å². The van der Waals surface area contributed by atoms with Crippen molar-refractivity contribution < 1.29 is 24.1 Å². The number of hydrogen-bond donors (Lipinski definition) is 1. The Balaban J connectivity index is 4.82. The van der Waals surface area contributed by atoms with Crippen molar-refractivity contribution in [1.82, 2.24) is 0 Å². The van der Waals surface area contributed by atoms with Crippen LogP contribution < -0.4 is 0 Å². The summed E-state index contributed by atoms with van der Waals surface area (Å²) >= 11 is 3.46. The largest absolute Gasteiger partial charge is 0.494 e. The summed E-state index contributed by atoms with van der Waals surface area (Å²) in [5.74, 6) is 0.526. The Morgan fingerprint density at radius 2 is 1.96 bits per heavy atom. The molecule has 0 aliphatic carbocycles. The molecule has 0 aromatic carbocycles. The molecule has 0 heterocycles. The van der Waals surface area contributed by atoms with Crippen LogP contribution in [0.3, 0.4) is 0 Å². The second-order valence-corrected chi connectivity index (χ2v) is 5.76. The first-order valence-corrected chi connectivity index (χ1v) is 9.81. The number of halogens is 1. The Morgan fingerprint density at radius 3 is 2.48 bits per heavy atom. The van der Waals surface area contributed by atoms with Crippen LogP contribution in [0.15, 0.2) is 35.6 Å². The maximum Gasteiger partial charge on any atom is 0.305 e. The lowest BCUT2D eigenvalue weighted by molar-refractivity contribution is -0.143. The number of aliphatic hydroxyl groups is 1. The van der Waals surface area contributed by atoms with Crippen LogP contribution in [0.5, 0.6) is 0 Å². The molecular weight excluding hydrogens is 388 g/mol. The zero-order chi connectivity index (χ0) is 19.1. The number of esters is 1. The minimum atomic E-state index is -0.802. The summed E-state index contributed by atoms with van der Waals surface area (Å²) in [6, 6.07) is 0. The predicted octanol–water partition coefficient (Wildman–Crippen LogP) is 4.26. The fraction of sp³-hybridized carbons (Fsp3) is 0.632. The van der Waals surface area contributed by atoms with Gasteiger partial charge in [-0.1, -0.05) is 28.6 Å². The van der Waals surface area contributed by atoms with Gasteiger partial charge in [-0.2, -0.15) is 0 Å². The second kappa shape index (κ2) is 15.2. The summed E-state index contributed by atoms with van der Waals surface area (Å²) in [5.41, 5.74) is 1.98. The van der Waals surface area contributed by atoms with Crippen LogP contribution >= 0.6 is 15.9 Å². The van der Waals surface area contributed by atoms with Gasteiger partial charge in [0.05, 0.1) is 13.2 Å². The number of alkyl halides is 1. The highest BCUT2D eigenvalue weighted by atomic mass is 79.9. The first-order chi connectivity index (χ1) is 12.0. The van der Waals surface area contributed by atoms with Crippen LogP contribution in [-0.4, -0.2) is 42.5 Å². The standard InChI is InChI=1S/C19H31BrO5/c1-5-15(14-20)16(11-12-19(22)24-8-4)17(6-2)25-13-9-10-18(21)23-7-3/h5-6,19,22H,1,7-14H2,2-4H3/b16-15+,17-6+. The molecule has 6 heteroatoms. The zero-order valence-corrected chi connectivity index (χ0v) is 17.1. The molecule has 0 saturated heterocycles. The van der Waals surface area contributed by atoms with Gasteiger partial charge < -0.3 is 19.3 Å². The molecule has 1 unspecified atom stereocenters. The van der Waals surface area contributed by atoms with Crippen LogP contribution in [0, 0.1) is 0 Å². The summed E-state index contributed by atoms with van der Waals surface area (Å²) < 4.78 is 16.0. The summed E-state index contributed by atoms with van der Waals surface area (Å²) in [6.07, 6.45) is 4.86. The van der Waals surface area contributed by atoms with Crippen molar-refractivity contribution in [2.75, 3.05) is 25.2 Å². The number of allylic oxidation sites excluding steroid dienone is 4. The fourth-order valence-electron chi connectivity index (χ4n) is 2.22. The Labute approximate surface area is 159 Å². The normalized spacial score (nSPS) is 13.9.